The summed E-state index contributed by atoms with van der Waals surface area (Å²) >= 11 is 0. The Kier molecular flexibility index (Phi) is 28.0. The Morgan fingerprint density at radius 1 is 0.218 bits per heavy atom. The Hall–Kier alpha value is -14.0. The summed E-state index contributed by atoms with van der Waals surface area (Å²) in [6.45, 7) is 3.43. The summed E-state index contributed by atoms with van der Waals surface area (Å²) in [7, 11) is 0. The average Bonchev–Trinajstić information content (AvgIpc) is 0.721. The van der Waals surface area contributed by atoms with Crippen LogP contribution in [-0.2, 0) is 28.6 Å². The number of nitrogens with two attached hydrogens (primary N) is 10. The first-order valence-electron chi connectivity index (χ1n) is 35.2. The summed E-state index contributed by atoms with van der Waals surface area (Å²) in [5.41, 5.74) is 36.4. The van der Waals surface area contributed by atoms with Gasteiger partial charge in [-0.25, -0.2) is 0 Å². The molecule has 12 aromatic carbocycles. The molecule has 0 aliphatic heterocycles. The van der Waals surface area contributed by atoms with Crippen LogP contribution in [0.3, 0.4) is 0 Å². The zero-order valence-corrected chi connectivity index (χ0v) is 63.7. The van der Waals surface area contributed by atoms with Crippen LogP contribution in [0.1, 0.15) is 55.6 Å². The number of halogens is 24. The maximum Gasteiger partial charge on any atom is 0.420 e. The lowest BCUT2D eigenvalue weighted by atomic mass is 9.72. The summed E-state index contributed by atoms with van der Waals surface area (Å²) in [5.74, 6) is -0.556. The quantitative estimate of drug-likeness (QED) is 0.0290. The van der Waals surface area contributed by atoms with Crippen molar-refractivity contribution >= 4 is 56.9 Å². The van der Waals surface area contributed by atoms with Gasteiger partial charge in [0.05, 0.1) is 16.9 Å². The molecule has 658 valence electrons. The number of benzene rings is 12. The number of aromatic hydroxyl groups is 2. The van der Waals surface area contributed by atoms with Crippen molar-refractivity contribution in [3.63, 3.8) is 0 Å². The Morgan fingerprint density at radius 3 is 0.742 bits per heavy atom. The van der Waals surface area contributed by atoms with Gasteiger partial charge in [-0.2, -0.15) is 105 Å². The number of nitrogen functional groups attached to an aromatic ring is 10. The second kappa shape index (κ2) is 36.3. The van der Waals surface area contributed by atoms with Crippen molar-refractivity contribution in [2.75, 3.05) is 57.3 Å². The molecule has 0 aromatic heterocycles. The van der Waals surface area contributed by atoms with Gasteiger partial charge >= 0.3 is 49.4 Å². The van der Waals surface area contributed by atoms with Crippen LogP contribution >= 0.6 is 0 Å². The topological polar surface area (TPSA) is 328 Å². The van der Waals surface area contributed by atoms with Gasteiger partial charge in [0.15, 0.2) is 0 Å². The first-order valence-corrected chi connectivity index (χ1v) is 35.2. The van der Waals surface area contributed by atoms with E-state index in [2.05, 4.69) is 0 Å². The fraction of sp³-hybridized carbons (Fsp3) is 0.153. The number of phenolic OH excluding ortho intramolecular Hbond substituents is 2. The summed E-state index contributed by atoms with van der Waals surface area (Å²) < 4.78 is 345. The van der Waals surface area contributed by atoms with Gasteiger partial charge in [-0.1, -0.05) is 72.8 Å². The van der Waals surface area contributed by atoms with E-state index in [1.54, 1.807) is 68.4 Å². The molecule has 0 saturated heterocycles. The van der Waals surface area contributed by atoms with E-state index in [9.17, 15) is 116 Å². The van der Waals surface area contributed by atoms with Gasteiger partial charge < -0.3 is 81.8 Å². The lowest BCUT2D eigenvalue weighted by Crippen LogP contribution is -2.54. The molecule has 39 heteroatoms. The largest absolute Gasteiger partial charge is 0.506 e. The second-order valence-corrected chi connectivity index (χ2v) is 27.2. The van der Waals surface area contributed by atoms with Gasteiger partial charge in [0.25, 0.3) is 0 Å². The Morgan fingerprint density at radius 2 is 0.452 bits per heavy atom. The van der Waals surface area contributed by atoms with Crippen molar-refractivity contribution in [2.24, 2.45) is 0 Å². The van der Waals surface area contributed by atoms with Crippen molar-refractivity contribution in [1.29, 1.82) is 0 Å². The summed E-state index contributed by atoms with van der Waals surface area (Å²) in [5, 5.41) is 18.7. The zero-order valence-electron chi connectivity index (χ0n) is 63.7. The molecule has 0 unspecified atom stereocenters. The minimum Gasteiger partial charge on any atom is -0.506 e. The van der Waals surface area contributed by atoms with Gasteiger partial charge in [-0.05, 0) is 251 Å². The predicted octanol–water partition coefficient (Wildman–Crippen LogP) is 23.6. The normalized spacial score (nSPS) is 12.3. The number of hydrogen-bond acceptors (Lipinski definition) is 15. The lowest BCUT2D eigenvalue weighted by molar-refractivity contribution is -0.290. The molecule has 0 bridgehead atoms. The highest BCUT2D eigenvalue weighted by atomic mass is 19.4. The number of ether oxygens (including phenoxy) is 3. The maximum absolute atomic E-state index is 14.4. The van der Waals surface area contributed by atoms with Crippen LogP contribution in [0.25, 0.3) is 11.1 Å². The van der Waals surface area contributed by atoms with Crippen molar-refractivity contribution in [3.05, 3.63) is 310 Å². The number of alkyl halides is 24. The second-order valence-electron chi connectivity index (χ2n) is 27.2. The Balaban J connectivity index is 0.000000197. The molecular weight excluding hydrogens is 1700 g/mol. The minimum absolute atomic E-state index is 0.0266. The molecule has 22 N–H and O–H groups in total. The summed E-state index contributed by atoms with van der Waals surface area (Å²) in [6.07, 6.45) is -43.3. The van der Waals surface area contributed by atoms with Crippen LogP contribution < -0.4 is 71.5 Å². The van der Waals surface area contributed by atoms with Crippen LogP contribution in [0.5, 0.6) is 46.0 Å². The van der Waals surface area contributed by atoms with Gasteiger partial charge in [0.2, 0.25) is 16.2 Å². The molecule has 0 spiro atoms. The molecule has 0 aliphatic rings. The molecular formula is C85H70F24N10O5. The van der Waals surface area contributed by atoms with E-state index in [0.29, 0.717) is 93.1 Å². The number of phenols is 2. The van der Waals surface area contributed by atoms with Crippen LogP contribution in [0.15, 0.2) is 255 Å². The van der Waals surface area contributed by atoms with Gasteiger partial charge in [0, 0.05) is 45.5 Å². The van der Waals surface area contributed by atoms with E-state index in [4.69, 9.17) is 71.5 Å². The summed E-state index contributed by atoms with van der Waals surface area (Å²) in [6, 6.07) is 46.2. The minimum atomic E-state index is -5.82. The third-order valence-electron chi connectivity index (χ3n) is 18.6. The zero-order chi connectivity index (χ0) is 92.6. The molecule has 0 aliphatic carbocycles. The smallest absolute Gasteiger partial charge is 0.420 e. The summed E-state index contributed by atoms with van der Waals surface area (Å²) in [4.78, 5) is 0. The van der Waals surface area contributed by atoms with E-state index in [-0.39, 0.29) is 45.6 Å². The average molecular weight is 1770 g/mol. The number of rotatable bonds is 13. The molecule has 124 heavy (non-hydrogen) atoms. The van der Waals surface area contributed by atoms with E-state index in [1.165, 1.54) is 54.6 Å². The first-order chi connectivity index (χ1) is 57.3. The highest BCUT2D eigenvalue weighted by Crippen LogP contribution is 2.60. The molecule has 0 atom stereocenters. The molecule has 12 rings (SSSR count). The molecule has 0 saturated carbocycles. The third-order valence-corrected chi connectivity index (χ3v) is 18.6. The number of hydrogen-bond donors (Lipinski definition) is 12. The van der Waals surface area contributed by atoms with Crippen LogP contribution in [0, 0.1) is 13.8 Å². The molecule has 12 aromatic rings. The van der Waals surface area contributed by atoms with Crippen LogP contribution in [0.2, 0.25) is 0 Å². The van der Waals surface area contributed by atoms with Crippen molar-refractivity contribution in [2.45, 2.75) is 79.5 Å². The molecule has 15 nitrogen and oxygen atoms in total. The van der Waals surface area contributed by atoms with Crippen LogP contribution in [-0.4, -0.2) is 47.3 Å². The number of anilines is 10. The van der Waals surface area contributed by atoms with E-state index < -0.39 is 133 Å². The fourth-order valence-electron chi connectivity index (χ4n) is 12.7. The van der Waals surface area contributed by atoms with Crippen LogP contribution in [0.4, 0.5) is 162 Å². The highest BCUT2D eigenvalue weighted by Gasteiger charge is 2.75. The van der Waals surface area contributed by atoms with E-state index >= 15 is 0 Å². The highest BCUT2D eigenvalue weighted by molar-refractivity contribution is 5.75. The van der Waals surface area contributed by atoms with Crippen molar-refractivity contribution in [3.8, 4) is 57.1 Å². The Bertz CT molecular complexity index is 5410. The van der Waals surface area contributed by atoms with Gasteiger partial charge in [-0.15, -0.1) is 0 Å². The number of aryl methyl sites for hydroxylation is 2. The van der Waals surface area contributed by atoms with E-state index in [1.807, 2.05) is 0 Å². The predicted molar refractivity (Wildman–Crippen MR) is 422 cm³/mol. The van der Waals surface area contributed by atoms with Crippen molar-refractivity contribution < 1.29 is 130 Å². The molecule has 0 radical (unpaired) electrons. The standard InChI is InChI=1S/C27H20F6N2O2.C15H12F6N2O2.C15H12F6N2.C14H13F3N2O.C14H13F3N2/c28-26(29,30)25(27(31,32)33,17-1-9-21(10-2-17)36-23-13-5-19(34)6-14-23)18-3-11-22(12-4-18)37-24-15-7-20(35)8-16-24;16-14(17,18)13(15(19,20)21,7-1-3-11(24)9(22)5-7)8-2-4-12(25)10(23)6-8;16-14(17,18)13(15(19,20)21,9-1-5-11(22)6-2-9)10-3-7-12(23)8-4-10;1-8-6-9(18)2-4-12(8)20-13-5-3-10(19)7-11(13)14(15,16)17;1-8-6-9(18)2-4-11(8)12-5-3-10(19)7-13(12)14(15,16)17/h1-16H,34-35H2;1-6,24-25H,22-23H2;1-8H,22-23H2;2-7H,18-19H2,1H3;2-7H,18-19H2,1H3. The monoisotopic (exact) mass is 1770 g/mol. The molecule has 0 heterocycles. The first kappa shape index (κ1) is 95.4. The lowest BCUT2D eigenvalue weighted by Gasteiger charge is -2.38. The van der Waals surface area contributed by atoms with Crippen molar-refractivity contribution in [1.82, 2.24) is 0 Å². The third kappa shape index (κ3) is 21.1. The molecule has 0 amide bonds. The fourth-order valence-corrected chi connectivity index (χ4v) is 12.7. The molecule has 0 fully saturated rings. The van der Waals surface area contributed by atoms with E-state index in [0.717, 1.165) is 109 Å². The van der Waals surface area contributed by atoms with Gasteiger partial charge in [-0.3, -0.25) is 0 Å². The maximum atomic E-state index is 14.4. The SMILES string of the molecule is Cc1cc(N)ccc1-c1ccc(N)cc1C(F)(F)F.Cc1cc(N)ccc1Oc1ccc(N)cc1C(F)(F)F.Nc1cc(C(c2ccc(O)c(N)c2)(C(F)(F)F)C(F)(F)F)ccc1O.Nc1ccc(C(c2ccc(N)cc2)(C(F)(F)F)C(F)(F)F)cc1.Nc1ccc(Oc2ccc(C(c3ccc(Oc4ccc(N)cc4)cc3)(C(F)(F)F)C(F)(F)F)cc2)cc1. The van der Waals surface area contributed by atoms with Gasteiger partial charge in [0.1, 0.15) is 51.6 Å². The Labute approximate surface area is 688 Å².